The van der Waals surface area contributed by atoms with Crippen LogP contribution in [-0.2, 0) is 16.0 Å². The molecule has 1 atom stereocenters. The monoisotopic (exact) mass is 491 g/mol. The van der Waals surface area contributed by atoms with E-state index in [9.17, 15) is 19.2 Å². The summed E-state index contributed by atoms with van der Waals surface area (Å²) >= 11 is 7.16. The van der Waals surface area contributed by atoms with E-state index in [1.807, 2.05) is 25.1 Å². The van der Waals surface area contributed by atoms with Gasteiger partial charge in [0, 0.05) is 16.4 Å². The molecule has 5 nitrogen and oxygen atoms in total. The third-order valence-electron chi connectivity index (χ3n) is 5.23. The molecule has 1 fully saturated rings. The van der Waals surface area contributed by atoms with Crippen molar-refractivity contribution in [3.8, 4) is 6.07 Å². The summed E-state index contributed by atoms with van der Waals surface area (Å²) in [5.41, 5.74) is 2.67. The highest BCUT2D eigenvalue weighted by Crippen LogP contribution is 2.42. The Kier molecular flexibility index (Phi) is 7.01. The summed E-state index contributed by atoms with van der Waals surface area (Å²) in [4.78, 5) is 27.9. The number of hydrogen-bond acceptors (Lipinski definition) is 4. The molecule has 0 spiro atoms. The quantitative estimate of drug-likeness (QED) is 0.359. The van der Waals surface area contributed by atoms with Crippen molar-refractivity contribution in [2.45, 2.75) is 18.6 Å². The largest absolute Gasteiger partial charge is 0.321 e. The molecule has 3 aromatic rings. The molecule has 0 bridgehead atoms. The zero-order valence-corrected chi connectivity index (χ0v) is 19.7. The first kappa shape index (κ1) is 23.6. The first-order valence-corrected chi connectivity index (χ1v) is 11.6. The molecule has 4 rings (SSSR count). The number of aryl methyl sites for hydroxylation is 1. The van der Waals surface area contributed by atoms with Gasteiger partial charge in [0.15, 0.2) is 0 Å². The van der Waals surface area contributed by atoms with Crippen molar-refractivity contribution in [2.24, 2.45) is 0 Å². The van der Waals surface area contributed by atoms with E-state index < -0.39 is 11.2 Å². The molecule has 170 valence electrons. The highest BCUT2D eigenvalue weighted by atomic mass is 35.5. The van der Waals surface area contributed by atoms with E-state index in [1.165, 1.54) is 17.0 Å². The standard InChI is InChI=1S/C26H19ClFN3O2S/c1-16-2-10-20(11-3-16)30-24(32)22(15-29)26-31(21-12-6-18(27)7-13-21)25(33)23(34-26)14-17-4-8-19(28)9-5-17/h2-13,23H,14H2,1H3,(H,30,32). The van der Waals surface area contributed by atoms with Gasteiger partial charge in [-0.15, -0.1) is 0 Å². The Morgan fingerprint density at radius 1 is 1.09 bits per heavy atom. The third kappa shape index (κ3) is 5.14. The number of nitrogens with zero attached hydrogens (tertiary/aromatic N) is 2. The number of nitrogens with one attached hydrogen (secondary N) is 1. The Hall–Kier alpha value is -3.60. The molecular weight excluding hydrogens is 473 g/mol. The van der Waals surface area contributed by atoms with Gasteiger partial charge in [-0.3, -0.25) is 14.5 Å². The molecule has 0 aliphatic carbocycles. The summed E-state index contributed by atoms with van der Waals surface area (Å²) in [7, 11) is 0. The molecule has 1 aliphatic heterocycles. The maximum atomic E-state index is 13.4. The second-order valence-electron chi connectivity index (χ2n) is 7.70. The van der Waals surface area contributed by atoms with Gasteiger partial charge in [-0.05, 0) is 67.4 Å². The van der Waals surface area contributed by atoms with Gasteiger partial charge in [-0.2, -0.15) is 5.26 Å². The number of nitriles is 1. The van der Waals surface area contributed by atoms with Crippen LogP contribution in [0.5, 0.6) is 0 Å². The minimum Gasteiger partial charge on any atom is -0.321 e. The molecule has 1 heterocycles. The maximum Gasteiger partial charge on any atom is 0.269 e. The molecule has 1 aliphatic rings. The average Bonchev–Trinajstić information content (AvgIpc) is 3.13. The van der Waals surface area contributed by atoms with Gasteiger partial charge in [-0.1, -0.05) is 53.2 Å². The van der Waals surface area contributed by atoms with E-state index in [4.69, 9.17) is 11.6 Å². The Morgan fingerprint density at radius 3 is 2.35 bits per heavy atom. The smallest absolute Gasteiger partial charge is 0.269 e. The predicted octanol–water partition coefficient (Wildman–Crippen LogP) is 5.85. The number of hydrogen-bond donors (Lipinski definition) is 1. The van der Waals surface area contributed by atoms with Crippen LogP contribution in [0.1, 0.15) is 11.1 Å². The Balaban J connectivity index is 1.71. The second-order valence-corrected chi connectivity index (χ2v) is 9.33. The SMILES string of the molecule is Cc1ccc(NC(=O)C(C#N)=C2SC(Cc3ccc(F)cc3)C(=O)N2c2ccc(Cl)cc2)cc1. The minimum atomic E-state index is -0.608. The van der Waals surface area contributed by atoms with Gasteiger partial charge >= 0.3 is 0 Å². The fraction of sp³-hybridized carbons (Fsp3) is 0.115. The highest BCUT2D eigenvalue weighted by molar-refractivity contribution is 8.05. The Morgan fingerprint density at radius 2 is 1.74 bits per heavy atom. The van der Waals surface area contributed by atoms with Gasteiger partial charge in [0.25, 0.3) is 5.91 Å². The summed E-state index contributed by atoms with van der Waals surface area (Å²) in [5.74, 6) is -1.25. The Labute approximate surface area is 205 Å². The number of rotatable bonds is 5. The molecule has 1 unspecified atom stereocenters. The van der Waals surface area contributed by atoms with Crippen LogP contribution in [0.4, 0.5) is 15.8 Å². The summed E-state index contributed by atoms with van der Waals surface area (Å²) in [6.07, 6.45) is 0.315. The fourth-order valence-corrected chi connectivity index (χ4v) is 4.91. The number of amides is 2. The van der Waals surface area contributed by atoms with Crippen LogP contribution in [-0.4, -0.2) is 17.1 Å². The van der Waals surface area contributed by atoms with Gasteiger partial charge in [0.2, 0.25) is 5.91 Å². The molecule has 3 aromatic carbocycles. The third-order valence-corrected chi connectivity index (χ3v) is 6.75. The number of halogens is 2. The first-order chi connectivity index (χ1) is 16.4. The van der Waals surface area contributed by atoms with E-state index in [1.54, 1.807) is 48.5 Å². The van der Waals surface area contributed by atoms with Gasteiger partial charge < -0.3 is 5.32 Å². The first-order valence-electron chi connectivity index (χ1n) is 10.4. The van der Waals surface area contributed by atoms with Crippen molar-refractivity contribution >= 4 is 46.6 Å². The zero-order chi connectivity index (χ0) is 24.2. The summed E-state index contributed by atoms with van der Waals surface area (Å²) < 4.78 is 13.3. The lowest BCUT2D eigenvalue weighted by Crippen LogP contribution is -2.30. The molecular formula is C26H19ClFN3O2S. The van der Waals surface area contributed by atoms with Gasteiger partial charge in [0.05, 0.1) is 5.25 Å². The zero-order valence-electron chi connectivity index (χ0n) is 18.1. The van der Waals surface area contributed by atoms with Crippen molar-refractivity contribution in [2.75, 3.05) is 10.2 Å². The van der Waals surface area contributed by atoms with Crippen LogP contribution < -0.4 is 10.2 Å². The number of carbonyl (C=O) groups excluding carboxylic acids is 2. The fourth-order valence-electron chi connectivity index (χ4n) is 3.48. The molecule has 0 saturated carbocycles. The average molecular weight is 492 g/mol. The molecule has 2 amide bonds. The van der Waals surface area contributed by atoms with Crippen molar-refractivity contribution in [1.82, 2.24) is 0 Å². The number of benzene rings is 3. The van der Waals surface area contributed by atoms with Crippen LogP contribution in [0.25, 0.3) is 0 Å². The topological polar surface area (TPSA) is 73.2 Å². The predicted molar refractivity (Wildman–Crippen MR) is 133 cm³/mol. The normalized spacial score (nSPS) is 16.8. The summed E-state index contributed by atoms with van der Waals surface area (Å²) in [5, 5.41) is 12.8. The molecule has 8 heteroatoms. The summed E-state index contributed by atoms with van der Waals surface area (Å²) in [6, 6.07) is 21.7. The Bertz CT molecular complexity index is 1300. The number of thioether (sulfide) groups is 1. The van der Waals surface area contributed by atoms with E-state index in [0.29, 0.717) is 22.8 Å². The van der Waals surface area contributed by atoms with Crippen molar-refractivity contribution in [1.29, 1.82) is 5.26 Å². The number of anilines is 2. The lowest BCUT2D eigenvalue weighted by Gasteiger charge is -2.19. The molecule has 1 saturated heterocycles. The summed E-state index contributed by atoms with van der Waals surface area (Å²) in [6.45, 7) is 1.93. The van der Waals surface area contributed by atoms with Crippen LogP contribution in [0.3, 0.4) is 0 Å². The van der Waals surface area contributed by atoms with Crippen LogP contribution in [0, 0.1) is 24.1 Å². The molecule has 34 heavy (non-hydrogen) atoms. The van der Waals surface area contributed by atoms with Crippen LogP contribution >= 0.6 is 23.4 Å². The van der Waals surface area contributed by atoms with Crippen LogP contribution in [0.15, 0.2) is 83.4 Å². The maximum absolute atomic E-state index is 13.4. The molecule has 0 radical (unpaired) electrons. The number of carbonyl (C=O) groups is 2. The van der Waals surface area contributed by atoms with Crippen molar-refractivity contribution in [3.05, 3.63) is 105 Å². The van der Waals surface area contributed by atoms with E-state index in [0.717, 1.165) is 22.9 Å². The van der Waals surface area contributed by atoms with Crippen molar-refractivity contribution in [3.63, 3.8) is 0 Å². The molecule has 0 aromatic heterocycles. The van der Waals surface area contributed by atoms with Crippen LogP contribution in [0.2, 0.25) is 5.02 Å². The van der Waals surface area contributed by atoms with Gasteiger partial charge in [-0.25, -0.2) is 4.39 Å². The highest BCUT2D eigenvalue weighted by Gasteiger charge is 2.40. The lowest BCUT2D eigenvalue weighted by molar-refractivity contribution is -0.117. The van der Waals surface area contributed by atoms with E-state index in [2.05, 4.69) is 5.32 Å². The second kappa shape index (κ2) is 10.1. The van der Waals surface area contributed by atoms with Crippen molar-refractivity contribution < 1.29 is 14.0 Å². The minimum absolute atomic E-state index is 0.171. The lowest BCUT2D eigenvalue weighted by atomic mass is 10.1. The van der Waals surface area contributed by atoms with E-state index >= 15 is 0 Å². The van der Waals surface area contributed by atoms with E-state index in [-0.39, 0.29) is 22.3 Å². The van der Waals surface area contributed by atoms with Gasteiger partial charge in [0.1, 0.15) is 22.5 Å². The molecule has 1 N–H and O–H groups in total.